The maximum atomic E-state index is 11.4. The summed E-state index contributed by atoms with van der Waals surface area (Å²) in [5.74, 6) is 0.795. The molecule has 0 saturated carbocycles. The molecule has 2 aromatic rings. The number of fused-ring (bicyclic) bond motifs is 2. The number of methoxy groups -OCH3 is 1. The van der Waals surface area contributed by atoms with Gasteiger partial charge in [0.25, 0.3) is 5.69 Å². The normalized spacial score (nSPS) is 18.7. The van der Waals surface area contributed by atoms with Crippen molar-refractivity contribution in [1.29, 1.82) is 0 Å². The molecule has 1 aliphatic heterocycles. The Hall–Kier alpha value is -3.02. The number of allylic oxidation sites excluding steroid dienone is 1. The fourth-order valence-corrected chi connectivity index (χ4v) is 2.57. The Labute approximate surface area is 125 Å². The number of nitrogens with one attached hydrogen (secondary N) is 2. The lowest BCUT2D eigenvalue weighted by Gasteiger charge is -2.17. The summed E-state index contributed by atoms with van der Waals surface area (Å²) in [7, 11) is 1.63. The molecule has 4 rings (SSSR count). The van der Waals surface area contributed by atoms with E-state index in [9.17, 15) is 4.79 Å². The van der Waals surface area contributed by atoms with E-state index in [-0.39, 0.29) is 11.8 Å². The number of aromatic amines is 2. The third-order valence-electron chi connectivity index (χ3n) is 3.70. The topological polar surface area (TPSA) is 70.1 Å². The quantitative estimate of drug-likeness (QED) is 0.763. The Bertz CT molecular complexity index is 961. The fraction of sp³-hybridized carbons (Fsp3) is 0.125. The van der Waals surface area contributed by atoms with E-state index < -0.39 is 0 Å². The molecule has 0 bridgehead atoms. The molecule has 0 saturated heterocycles. The molecular formula is C16H14N3O3+. The summed E-state index contributed by atoms with van der Waals surface area (Å²) in [5, 5.41) is 1.53. The van der Waals surface area contributed by atoms with Crippen molar-refractivity contribution in [3.63, 3.8) is 0 Å². The summed E-state index contributed by atoms with van der Waals surface area (Å²) in [6, 6.07) is 7.60. The zero-order chi connectivity index (χ0) is 15.1. The van der Waals surface area contributed by atoms with Crippen LogP contribution in [0.1, 0.15) is 0 Å². The number of benzene rings is 1. The molecule has 0 amide bonds. The molecule has 1 atom stereocenters. The monoisotopic (exact) mass is 296 g/mol. The Morgan fingerprint density at radius 3 is 2.73 bits per heavy atom. The molecule has 2 N–H and O–H groups in total. The minimum absolute atomic E-state index is 0.215. The summed E-state index contributed by atoms with van der Waals surface area (Å²) < 4.78 is 6.86. The van der Waals surface area contributed by atoms with Gasteiger partial charge in [-0.15, -0.1) is 0 Å². The molecular weight excluding hydrogens is 282 g/mol. The predicted octanol–water partition coefficient (Wildman–Crippen LogP) is -0.0586. The van der Waals surface area contributed by atoms with Gasteiger partial charge >= 0.3 is 5.69 Å². The lowest BCUT2D eigenvalue weighted by Crippen LogP contribution is -2.35. The van der Waals surface area contributed by atoms with Gasteiger partial charge in [0, 0.05) is 28.5 Å². The molecule has 2 aliphatic rings. The maximum absolute atomic E-state index is 11.4. The summed E-state index contributed by atoms with van der Waals surface area (Å²) in [5.41, 5.74) is 1.68. The summed E-state index contributed by atoms with van der Waals surface area (Å²) in [6.45, 7) is 0. The van der Waals surface area contributed by atoms with Crippen LogP contribution in [0, 0.1) is 0 Å². The van der Waals surface area contributed by atoms with E-state index in [1.165, 1.54) is 0 Å². The average molecular weight is 296 g/mol. The van der Waals surface area contributed by atoms with Gasteiger partial charge in [-0.25, -0.2) is 4.79 Å². The van der Waals surface area contributed by atoms with Gasteiger partial charge in [0.2, 0.25) is 12.3 Å². The molecule has 1 unspecified atom stereocenters. The van der Waals surface area contributed by atoms with E-state index >= 15 is 0 Å². The molecule has 110 valence electrons. The largest absolute Gasteiger partial charge is 0.497 e. The first-order chi connectivity index (χ1) is 10.7. The van der Waals surface area contributed by atoms with Gasteiger partial charge in [-0.1, -0.05) is 0 Å². The Kier molecular flexibility index (Phi) is 2.75. The average Bonchev–Trinajstić information content (AvgIpc) is 2.91. The number of rotatable bonds is 2. The van der Waals surface area contributed by atoms with E-state index in [4.69, 9.17) is 9.57 Å². The molecule has 6 nitrogen and oxygen atoms in total. The second-order valence-corrected chi connectivity index (χ2v) is 5.08. The number of imidazole rings is 1. The smallest absolute Gasteiger partial charge is 0.323 e. The molecule has 1 aromatic heterocycles. The summed E-state index contributed by atoms with van der Waals surface area (Å²) in [6.07, 6.45) is 7.41. The van der Waals surface area contributed by atoms with Crippen LogP contribution in [0.3, 0.4) is 0 Å². The van der Waals surface area contributed by atoms with E-state index in [1.54, 1.807) is 11.8 Å². The van der Waals surface area contributed by atoms with Crippen LogP contribution >= 0.6 is 0 Å². The minimum Gasteiger partial charge on any atom is -0.497 e. The fourth-order valence-electron chi connectivity index (χ4n) is 2.57. The van der Waals surface area contributed by atoms with Crippen LogP contribution in [0.2, 0.25) is 0 Å². The van der Waals surface area contributed by atoms with E-state index in [0.29, 0.717) is 0 Å². The highest BCUT2D eigenvalue weighted by atomic mass is 16.7. The second kappa shape index (κ2) is 4.77. The van der Waals surface area contributed by atoms with Crippen LogP contribution < -0.4 is 21.1 Å². The minimum atomic E-state index is -0.231. The van der Waals surface area contributed by atoms with Gasteiger partial charge in [-0.05, 0) is 24.3 Å². The molecule has 0 spiro atoms. The highest BCUT2D eigenvalue weighted by Gasteiger charge is 2.26. The van der Waals surface area contributed by atoms with Gasteiger partial charge in [-0.3, -0.25) is 4.84 Å². The second-order valence-electron chi connectivity index (χ2n) is 5.08. The molecule has 2 heterocycles. The Morgan fingerprint density at radius 1 is 1.18 bits per heavy atom. The van der Waals surface area contributed by atoms with E-state index in [1.807, 2.05) is 48.7 Å². The highest BCUT2D eigenvalue weighted by Crippen LogP contribution is 2.23. The zero-order valence-electron chi connectivity index (χ0n) is 11.9. The molecule has 22 heavy (non-hydrogen) atoms. The van der Waals surface area contributed by atoms with Crippen molar-refractivity contribution in [3.05, 3.63) is 57.1 Å². The van der Waals surface area contributed by atoms with Crippen molar-refractivity contribution in [1.82, 2.24) is 9.97 Å². The van der Waals surface area contributed by atoms with Gasteiger partial charge in [0.15, 0.2) is 0 Å². The van der Waals surface area contributed by atoms with Crippen LogP contribution in [0.4, 0.5) is 5.69 Å². The zero-order valence-corrected chi connectivity index (χ0v) is 11.9. The first kappa shape index (κ1) is 12.7. The maximum Gasteiger partial charge on any atom is 0.323 e. The van der Waals surface area contributed by atoms with Gasteiger partial charge in [-0.2, -0.15) is 0 Å². The van der Waals surface area contributed by atoms with Crippen LogP contribution in [-0.4, -0.2) is 34.1 Å². The van der Waals surface area contributed by atoms with E-state index in [2.05, 4.69) is 9.97 Å². The number of hydrogen-bond acceptors (Lipinski definition) is 3. The number of ether oxygens (including phenoxy) is 1. The molecule has 6 heteroatoms. The van der Waals surface area contributed by atoms with Crippen molar-refractivity contribution >= 4 is 24.1 Å². The first-order valence-electron chi connectivity index (χ1n) is 6.90. The lowest BCUT2D eigenvalue weighted by atomic mass is 10.0. The standard InChI is InChI=1S/C16H13N3O3/c1-21-12-4-2-11(3-5-12)19-7-6-10-8-13-14(9-15(10)22-19)18-16(20)17-13/h2-9,15H,1H3,(H,18,20)/p+1. The van der Waals surface area contributed by atoms with E-state index in [0.717, 1.165) is 27.7 Å². The van der Waals surface area contributed by atoms with Crippen molar-refractivity contribution in [3.8, 4) is 5.75 Å². The van der Waals surface area contributed by atoms with Gasteiger partial charge < -0.3 is 14.7 Å². The van der Waals surface area contributed by atoms with Gasteiger partial charge in [0.05, 0.1) is 17.8 Å². The van der Waals surface area contributed by atoms with Crippen molar-refractivity contribution in [2.45, 2.75) is 6.10 Å². The van der Waals surface area contributed by atoms with Crippen molar-refractivity contribution in [2.24, 2.45) is 0 Å². The van der Waals surface area contributed by atoms with Crippen LogP contribution in [0.15, 0.2) is 40.7 Å². The molecule has 0 radical (unpaired) electrons. The molecule has 1 aliphatic carbocycles. The summed E-state index contributed by atoms with van der Waals surface area (Å²) in [4.78, 5) is 22.8. The lowest BCUT2D eigenvalue weighted by molar-refractivity contribution is -0.731. The SMILES string of the molecule is COc1ccc([N+]2=CC=C3C=c4[nH]c(=O)[nH]c4=CC3O2)cc1. The van der Waals surface area contributed by atoms with Gasteiger partial charge in [0.1, 0.15) is 5.75 Å². The Morgan fingerprint density at radius 2 is 1.95 bits per heavy atom. The van der Waals surface area contributed by atoms with Crippen molar-refractivity contribution < 1.29 is 14.3 Å². The third-order valence-corrected chi connectivity index (χ3v) is 3.70. The summed E-state index contributed by atoms with van der Waals surface area (Å²) >= 11 is 0. The first-order valence-corrected chi connectivity index (χ1v) is 6.90. The third kappa shape index (κ3) is 2.05. The predicted molar refractivity (Wildman–Crippen MR) is 81.5 cm³/mol. The molecule has 0 fully saturated rings. The highest BCUT2D eigenvalue weighted by molar-refractivity contribution is 5.76. The number of nitrogens with zero attached hydrogens (tertiary/aromatic N) is 1. The van der Waals surface area contributed by atoms with Crippen LogP contribution in [0.5, 0.6) is 5.75 Å². The van der Waals surface area contributed by atoms with Crippen LogP contribution in [0.25, 0.3) is 12.2 Å². The number of H-pyrrole nitrogens is 2. The number of hydrogen-bond donors (Lipinski definition) is 2. The number of aromatic nitrogens is 2. The van der Waals surface area contributed by atoms with Crippen molar-refractivity contribution in [2.75, 3.05) is 7.11 Å². The Balaban J connectivity index is 1.71. The van der Waals surface area contributed by atoms with Crippen LogP contribution in [-0.2, 0) is 4.84 Å². The molecule has 1 aromatic carbocycles.